The second-order valence-electron chi connectivity index (χ2n) is 6.98. The van der Waals surface area contributed by atoms with Crippen LogP contribution in [-0.4, -0.2) is 20.8 Å². The zero-order valence-electron chi connectivity index (χ0n) is 16.1. The van der Waals surface area contributed by atoms with Gasteiger partial charge >= 0.3 is 0 Å². The first-order valence-corrected chi connectivity index (χ1v) is 10.0. The Hall–Kier alpha value is -3.38. The summed E-state index contributed by atoms with van der Waals surface area (Å²) in [5.41, 5.74) is 2.61. The van der Waals surface area contributed by atoms with Crippen molar-refractivity contribution < 1.29 is 4.39 Å². The third-order valence-electron chi connectivity index (χ3n) is 5.14. The van der Waals surface area contributed by atoms with Crippen LogP contribution in [0.4, 0.5) is 10.2 Å². The highest BCUT2D eigenvalue weighted by atomic mass is 35.5. The lowest BCUT2D eigenvalue weighted by Gasteiger charge is -2.12. The smallest absolute Gasteiger partial charge is 0.165 e. The summed E-state index contributed by atoms with van der Waals surface area (Å²) >= 11 is 6.37. The van der Waals surface area contributed by atoms with Gasteiger partial charge in [-0.3, -0.25) is 4.99 Å². The van der Waals surface area contributed by atoms with Crippen molar-refractivity contribution in [1.29, 1.82) is 0 Å². The van der Waals surface area contributed by atoms with E-state index >= 15 is 0 Å². The van der Waals surface area contributed by atoms with Crippen LogP contribution >= 0.6 is 11.6 Å². The highest BCUT2D eigenvalue weighted by Gasteiger charge is 2.28. The van der Waals surface area contributed by atoms with Crippen LogP contribution in [0, 0.1) is 5.82 Å². The highest BCUT2D eigenvalue weighted by molar-refractivity contribution is 6.33. The molecule has 0 spiro atoms. The van der Waals surface area contributed by atoms with Crippen LogP contribution in [0.1, 0.15) is 30.5 Å². The molecule has 5 nitrogen and oxygen atoms in total. The van der Waals surface area contributed by atoms with Crippen LogP contribution in [0.2, 0.25) is 5.02 Å². The monoisotopic (exact) mass is 417 g/mol. The van der Waals surface area contributed by atoms with Crippen molar-refractivity contribution >= 4 is 34.3 Å². The first-order chi connectivity index (χ1) is 14.7. The van der Waals surface area contributed by atoms with E-state index in [2.05, 4.69) is 15.3 Å². The molecule has 1 unspecified atom stereocenters. The Morgan fingerprint density at radius 2 is 1.83 bits per heavy atom. The third kappa shape index (κ3) is 3.09. The number of fused-ring (bicyclic) bond motifs is 2. The summed E-state index contributed by atoms with van der Waals surface area (Å²) in [6.07, 6.45) is 2.39. The minimum atomic E-state index is -0.245. The molecule has 148 valence electrons. The maximum absolute atomic E-state index is 14.5. The van der Waals surface area contributed by atoms with E-state index < -0.39 is 0 Å². The van der Waals surface area contributed by atoms with Gasteiger partial charge in [-0.2, -0.15) is 0 Å². The molecule has 0 saturated heterocycles. The van der Waals surface area contributed by atoms with Crippen LogP contribution in [0.5, 0.6) is 0 Å². The van der Waals surface area contributed by atoms with Crippen molar-refractivity contribution in [3.05, 3.63) is 82.8 Å². The molecule has 0 amide bonds. The topological polar surface area (TPSA) is 63.1 Å². The largest absolute Gasteiger partial charge is 0.324 e. The van der Waals surface area contributed by atoms with E-state index in [-0.39, 0.29) is 11.9 Å². The van der Waals surface area contributed by atoms with Gasteiger partial charge in [0, 0.05) is 22.9 Å². The fraction of sp³-hybridized carbons (Fsp3) is 0.130. The Kier molecular flexibility index (Phi) is 4.64. The van der Waals surface area contributed by atoms with E-state index in [0.29, 0.717) is 45.7 Å². The summed E-state index contributed by atoms with van der Waals surface area (Å²) in [4.78, 5) is 18.4. The van der Waals surface area contributed by atoms with Gasteiger partial charge in [0.05, 0.1) is 16.5 Å². The molecule has 4 aromatic rings. The zero-order chi connectivity index (χ0) is 20.7. The number of rotatable bonds is 3. The molecular weight excluding hydrogens is 401 g/mol. The van der Waals surface area contributed by atoms with Gasteiger partial charge < -0.3 is 5.32 Å². The molecule has 0 radical (unpaired) electrons. The van der Waals surface area contributed by atoms with Crippen LogP contribution in [-0.2, 0) is 0 Å². The first kappa shape index (κ1) is 18.6. The number of pyridine rings is 1. The lowest BCUT2D eigenvalue weighted by molar-refractivity contribution is 0.582. The summed E-state index contributed by atoms with van der Waals surface area (Å²) in [5.74, 6) is 1.35. The standard InChI is InChI=1S/C23H17ClFN5/c1-2-18-19-14(8-5-11-17(19)25)22(27-18)30-23-15-9-6-12-26-20(15)28-21(29-23)13-7-3-4-10-16(13)24/h3-12,18H,2H2,1H3,(H,26,27,28,29,30). The van der Waals surface area contributed by atoms with Gasteiger partial charge in [0.1, 0.15) is 17.5 Å². The molecule has 30 heavy (non-hydrogen) atoms. The highest BCUT2D eigenvalue weighted by Crippen LogP contribution is 2.35. The number of aliphatic imine (C=N–C) groups is 1. The fourth-order valence-corrected chi connectivity index (χ4v) is 3.92. The molecule has 1 aliphatic heterocycles. The summed E-state index contributed by atoms with van der Waals surface area (Å²) in [7, 11) is 0. The van der Waals surface area contributed by atoms with Crippen molar-refractivity contribution in [2.75, 3.05) is 5.32 Å². The number of halogens is 2. The number of nitrogens with one attached hydrogen (secondary N) is 1. The van der Waals surface area contributed by atoms with E-state index in [1.54, 1.807) is 18.3 Å². The molecule has 1 aliphatic rings. The predicted molar refractivity (Wildman–Crippen MR) is 117 cm³/mol. The summed E-state index contributed by atoms with van der Waals surface area (Å²) in [5, 5.41) is 4.61. The average molecular weight is 418 g/mol. The van der Waals surface area contributed by atoms with E-state index in [0.717, 1.165) is 10.9 Å². The fourth-order valence-electron chi connectivity index (χ4n) is 3.70. The summed E-state index contributed by atoms with van der Waals surface area (Å²) in [6, 6.07) is 15.9. The van der Waals surface area contributed by atoms with Gasteiger partial charge in [-0.1, -0.05) is 42.8 Å². The van der Waals surface area contributed by atoms with Gasteiger partial charge in [0.2, 0.25) is 0 Å². The van der Waals surface area contributed by atoms with Gasteiger partial charge in [-0.15, -0.1) is 0 Å². The second-order valence-corrected chi connectivity index (χ2v) is 7.39. The Morgan fingerprint density at radius 1 is 1.00 bits per heavy atom. The minimum absolute atomic E-state index is 0.224. The Bertz CT molecular complexity index is 1300. The molecule has 1 atom stereocenters. The molecule has 0 fully saturated rings. The normalized spacial score (nSPS) is 15.2. The van der Waals surface area contributed by atoms with Gasteiger partial charge in [0.15, 0.2) is 11.5 Å². The average Bonchev–Trinajstić information content (AvgIpc) is 3.13. The number of aromatic nitrogens is 3. The number of anilines is 1. The minimum Gasteiger partial charge on any atom is -0.324 e. The van der Waals surface area contributed by atoms with Gasteiger partial charge in [-0.05, 0) is 36.8 Å². The Labute approximate surface area is 177 Å². The van der Waals surface area contributed by atoms with E-state index in [1.807, 2.05) is 43.3 Å². The summed E-state index contributed by atoms with van der Waals surface area (Å²) in [6.45, 7) is 1.99. The quantitative estimate of drug-likeness (QED) is 0.457. The Morgan fingerprint density at radius 3 is 2.67 bits per heavy atom. The molecule has 3 heterocycles. The van der Waals surface area contributed by atoms with Crippen molar-refractivity contribution in [3.8, 4) is 11.4 Å². The number of hydrogen-bond acceptors (Lipinski definition) is 5. The lowest BCUT2D eigenvalue weighted by atomic mass is 10.0. The van der Waals surface area contributed by atoms with Gasteiger partial charge in [-0.25, -0.2) is 19.3 Å². The number of nitrogens with zero attached hydrogens (tertiary/aromatic N) is 4. The molecule has 2 aromatic heterocycles. The van der Waals surface area contributed by atoms with E-state index in [1.165, 1.54) is 6.07 Å². The van der Waals surface area contributed by atoms with Crippen molar-refractivity contribution in [2.24, 2.45) is 4.99 Å². The maximum atomic E-state index is 14.5. The van der Waals surface area contributed by atoms with Gasteiger partial charge in [0.25, 0.3) is 0 Å². The van der Waals surface area contributed by atoms with Crippen LogP contribution < -0.4 is 5.32 Å². The van der Waals surface area contributed by atoms with Crippen molar-refractivity contribution in [3.63, 3.8) is 0 Å². The maximum Gasteiger partial charge on any atom is 0.165 e. The molecule has 0 saturated carbocycles. The van der Waals surface area contributed by atoms with E-state index in [4.69, 9.17) is 21.6 Å². The van der Waals surface area contributed by atoms with Crippen molar-refractivity contribution in [2.45, 2.75) is 19.4 Å². The summed E-state index contributed by atoms with van der Waals surface area (Å²) < 4.78 is 14.5. The van der Waals surface area contributed by atoms with Crippen molar-refractivity contribution in [1.82, 2.24) is 15.0 Å². The predicted octanol–water partition coefficient (Wildman–Crippen LogP) is 5.81. The van der Waals surface area contributed by atoms with Crippen LogP contribution in [0.15, 0.2) is 65.8 Å². The molecule has 1 N–H and O–H groups in total. The lowest BCUT2D eigenvalue weighted by Crippen LogP contribution is -2.14. The number of amidine groups is 1. The number of hydrogen-bond donors (Lipinski definition) is 1. The molecule has 7 heteroatoms. The number of benzene rings is 2. The zero-order valence-corrected chi connectivity index (χ0v) is 16.9. The Balaban J connectivity index is 1.65. The first-order valence-electron chi connectivity index (χ1n) is 9.67. The third-order valence-corrected chi connectivity index (χ3v) is 5.47. The van der Waals surface area contributed by atoms with E-state index in [9.17, 15) is 4.39 Å². The molecule has 5 rings (SSSR count). The second kappa shape index (κ2) is 7.46. The van der Waals surface area contributed by atoms with Crippen LogP contribution in [0.3, 0.4) is 0 Å². The molecule has 2 aromatic carbocycles. The molecule has 0 aliphatic carbocycles. The molecular formula is C23H17ClFN5. The SMILES string of the molecule is CCC1N=C(Nc2nc(-c3ccccc3Cl)nc3ncccc23)c2cccc(F)c21. The molecule has 0 bridgehead atoms. The van der Waals surface area contributed by atoms with Crippen LogP contribution in [0.25, 0.3) is 22.4 Å².